The van der Waals surface area contributed by atoms with E-state index in [1.54, 1.807) is 18.2 Å². The standard InChI is InChI=1S/C15H24O3/c1-2-3-4-5-6-7-10-18-15-11-13(12-16)8-9-14(15)17/h8-9,11,16-17H,2-7,10,12H2,1H3. The van der Waals surface area contributed by atoms with Gasteiger partial charge in [0, 0.05) is 0 Å². The Morgan fingerprint density at radius 3 is 2.50 bits per heavy atom. The Kier molecular flexibility index (Phi) is 7.26. The van der Waals surface area contributed by atoms with Crippen LogP contribution in [0.2, 0.25) is 0 Å². The number of aliphatic hydroxyl groups is 1. The monoisotopic (exact) mass is 252 g/mol. The lowest BCUT2D eigenvalue weighted by Crippen LogP contribution is -1.98. The highest BCUT2D eigenvalue weighted by molar-refractivity contribution is 5.41. The van der Waals surface area contributed by atoms with E-state index in [2.05, 4.69) is 6.92 Å². The first kappa shape index (κ1) is 14.8. The fourth-order valence-corrected chi connectivity index (χ4v) is 1.84. The summed E-state index contributed by atoms with van der Waals surface area (Å²) in [5.41, 5.74) is 0.755. The van der Waals surface area contributed by atoms with Gasteiger partial charge in [0.25, 0.3) is 0 Å². The van der Waals surface area contributed by atoms with Crippen LogP contribution in [0.4, 0.5) is 0 Å². The zero-order valence-electron chi connectivity index (χ0n) is 11.2. The summed E-state index contributed by atoms with van der Waals surface area (Å²) in [4.78, 5) is 0. The van der Waals surface area contributed by atoms with Crippen LogP contribution in [-0.4, -0.2) is 16.8 Å². The normalized spacial score (nSPS) is 10.6. The topological polar surface area (TPSA) is 49.7 Å². The van der Waals surface area contributed by atoms with Crippen molar-refractivity contribution < 1.29 is 14.9 Å². The molecule has 0 fully saturated rings. The van der Waals surface area contributed by atoms with Gasteiger partial charge in [-0.3, -0.25) is 0 Å². The van der Waals surface area contributed by atoms with Crippen LogP contribution >= 0.6 is 0 Å². The van der Waals surface area contributed by atoms with E-state index in [9.17, 15) is 5.11 Å². The summed E-state index contributed by atoms with van der Waals surface area (Å²) in [6.07, 6.45) is 7.28. The highest BCUT2D eigenvalue weighted by Crippen LogP contribution is 2.27. The Labute approximate surface area is 109 Å². The third-order valence-electron chi connectivity index (χ3n) is 2.96. The number of aromatic hydroxyl groups is 1. The third-order valence-corrected chi connectivity index (χ3v) is 2.96. The Bertz CT molecular complexity index is 337. The third kappa shape index (κ3) is 5.41. The van der Waals surface area contributed by atoms with Gasteiger partial charge in [0.05, 0.1) is 13.2 Å². The van der Waals surface area contributed by atoms with Crippen LogP contribution in [-0.2, 0) is 6.61 Å². The molecular weight excluding hydrogens is 228 g/mol. The first-order valence-electron chi connectivity index (χ1n) is 6.83. The zero-order valence-corrected chi connectivity index (χ0v) is 11.2. The lowest BCUT2D eigenvalue weighted by Gasteiger charge is -2.09. The molecule has 0 bridgehead atoms. The summed E-state index contributed by atoms with van der Waals surface area (Å²) in [5, 5.41) is 18.6. The van der Waals surface area contributed by atoms with Gasteiger partial charge in [-0.05, 0) is 24.1 Å². The van der Waals surface area contributed by atoms with Crippen molar-refractivity contribution in [1.29, 1.82) is 0 Å². The largest absolute Gasteiger partial charge is 0.504 e. The average Bonchev–Trinajstić information content (AvgIpc) is 2.39. The minimum absolute atomic E-state index is 0.0341. The number of hydrogen-bond donors (Lipinski definition) is 2. The molecule has 18 heavy (non-hydrogen) atoms. The van der Waals surface area contributed by atoms with E-state index in [1.807, 2.05) is 0 Å². The van der Waals surface area contributed by atoms with Crippen LogP contribution in [0.25, 0.3) is 0 Å². The van der Waals surface area contributed by atoms with Gasteiger partial charge in [-0.15, -0.1) is 0 Å². The van der Waals surface area contributed by atoms with Gasteiger partial charge in [0.2, 0.25) is 0 Å². The van der Waals surface area contributed by atoms with Crippen molar-refractivity contribution in [2.24, 2.45) is 0 Å². The number of unbranched alkanes of at least 4 members (excludes halogenated alkanes) is 5. The van der Waals surface area contributed by atoms with E-state index in [0.717, 1.165) is 12.0 Å². The lowest BCUT2D eigenvalue weighted by molar-refractivity contribution is 0.274. The number of ether oxygens (including phenoxy) is 1. The summed E-state index contributed by atoms with van der Waals surface area (Å²) in [7, 11) is 0. The first-order valence-corrected chi connectivity index (χ1v) is 6.83. The predicted molar refractivity (Wildman–Crippen MR) is 72.9 cm³/mol. The van der Waals surface area contributed by atoms with Crippen molar-refractivity contribution in [2.75, 3.05) is 6.61 Å². The molecule has 0 aliphatic rings. The van der Waals surface area contributed by atoms with Gasteiger partial charge < -0.3 is 14.9 Å². The SMILES string of the molecule is CCCCCCCCOc1cc(CO)ccc1O. The average molecular weight is 252 g/mol. The van der Waals surface area contributed by atoms with Crippen molar-refractivity contribution in [3.05, 3.63) is 23.8 Å². The molecule has 2 N–H and O–H groups in total. The maximum Gasteiger partial charge on any atom is 0.161 e. The highest BCUT2D eigenvalue weighted by atomic mass is 16.5. The molecule has 0 saturated carbocycles. The second kappa shape index (κ2) is 8.81. The van der Waals surface area contributed by atoms with Gasteiger partial charge in [-0.2, -0.15) is 0 Å². The maximum absolute atomic E-state index is 9.60. The summed E-state index contributed by atoms with van der Waals surface area (Å²) in [6.45, 7) is 2.79. The molecular formula is C15H24O3. The van der Waals surface area contributed by atoms with Crippen LogP contribution in [0.3, 0.4) is 0 Å². The van der Waals surface area contributed by atoms with Gasteiger partial charge in [-0.25, -0.2) is 0 Å². The molecule has 1 aromatic carbocycles. The van der Waals surface area contributed by atoms with Crippen LogP contribution in [0, 0.1) is 0 Å². The summed E-state index contributed by atoms with van der Waals surface area (Å²) < 4.78 is 5.52. The van der Waals surface area contributed by atoms with Crippen molar-refractivity contribution in [3.8, 4) is 11.5 Å². The van der Waals surface area contributed by atoms with Gasteiger partial charge in [0.1, 0.15) is 0 Å². The van der Waals surface area contributed by atoms with E-state index < -0.39 is 0 Å². The number of hydrogen-bond acceptors (Lipinski definition) is 3. The van der Waals surface area contributed by atoms with E-state index >= 15 is 0 Å². The van der Waals surface area contributed by atoms with E-state index in [1.165, 1.54) is 32.1 Å². The van der Waals surface area contributed by atoms with E-state index in [0.29, 0.717) is 12.4 Å². The second-order valence-corrected chi connectivity index (χ2v) is 4.58. The zero-order chi connectivity index (χ0) is 13.2. The molecule has 0 aliphatic heterocycles. The Hall–Kier alpha value is -1.22. The molecule has 0 radical (unpaired) electrons. The number of benzene rings is 1. The Balaban J connectivity index is 2.22. The molecule has 102 valence electrons. The molecule has 0 unspecified atom stereocenters. The molecule has 0 heterocycles. The molecule has 0 aromatic heterocycles. The minimum atomic E-state index is -0.0341. The smallest absolute Gasteiger partial charge is 0.161 e. The van der Waals surface area contributed by atoms with E-state index in [4.69, 9.17) is 9.84 Å². The molecule has 3 nitrogen and oxygen atoms in total. The second-order valence-electron chi connectivity index (χ2n) is 4.58. The highest BCUT2D eigenvalue weighted by Gasteiger charge is 2.03. The molecule has 0 atom stereocenters. The lowest BCUT2D eigenvalue weighted by atomic mass is 10.1. The predicted octanol–water partition coefficient (Wildman–Crippen LogP) is 3.62. The Morgan fingerprint density at radius 1 is 1.06 bits per heavy atom. The van der Waals surface area contributed by atoms with Crippen LogP contribution in [0.15, 0.2) is 18.2 Å². The fraction of sp³-hybridized carbons (Fsp3) is 0.600. The van der Waals surface area contributed by atoms with Gasteiger partial charge >= 0.3 is 0 Å². The van der Waals surface area contributed by atoms with Crippen molar-refractivity contribution >= 4 is 0 Å². The van der Waals surface area contributed by atoms with E-state index in [-0.39, 0.29) is 12.4 Å². The van der Waals surface area contributed by atoms with Crippen molar-refractivity contribution in [3.63, 3.8) is 0 Å². The molecule has 3 heteroatoms. The van der Waals surface area contributed by atoms with Crippen molar-refractivity contribution in [1.82, 2.24) is 0 Å². The van der Waals surface area contributed by atoms with Gasteiger partial charge in [0.15, 0.2) is 11.5 Å². The first-order chi connectivity index (χ1) is 8.77. The van der Waals surface area contributed by atoms with Crippen LogP contribution < -0.4 is 4.74 Å². The molecule has 1 rings (SSSR count). The quantitative estimate of drug-likeness (QED) is 0.660. The minimum Gasteiger partial charge on any atom is -0.504 e. The van der Waals surface area contributed by atoms with Crippen LogP contribution in [0.5, 0.6) is 11.5 Å². The van der Waals surface area contributed by atoms with Gasteiger partial charge in [-0.1, -0.05) is 45.1 Å². The summed E-state index contributed by atoms with van der Waals surface area (Å²) >= 11 is 0. The molecule has 0 aliphatic carbocycles. The number of phenols is 1. The fourth-order valence-electron chi connectivity index (χ4n) is 1.84. The van der Waals surface area contributed by atoms with Crippen molar-refractivity contribution in [2.45, 2.75) is 52.1 Å². The molecule has 1 aromatic rings. The number of aliphatic hydroxyl groups excluding tert-OH is 1. The summed E-state index contributed by atoms with van der Waals surface area (Å²) in [5.74, 6) is 0.605. The molecule has 0 amide bonds. The maximum atomic E-state index is 9.60. The Morgan fingerprint density at radius 2 is 1.78 bits per heavy atom. The molecule has 0 saturated heterocycles. The summed E-state index contributed by atoms with van der Waals surface area (Å²) in [6, 6.07) is 4.93. The number of rotatable bonds is 9. The van der Waals surface area contributed by atoms with Crippen LogP contribution in [0.1, 0.15) is 51.0 Å². The molecule has 0 spiro atoms. The number of phenolic OH excluding ortho intramolecular Hbond substituents is 1.